The van der Waals surface area contributed by atoms with E-state index in [0.29, 0.717) is 34.7 Å². The van der Waals surface area contributed by atoms with E-state index in [1.54, 1.807) is 37.3 Å². The fourth-order valence-electron chi connectivity index (χ4n) is 4.35. The molecule has 0 spiro atoms. The second-order valence-electron chi connectivity index (χ2n) is 9.57. The zero-order valence-electron chi connectivity index (χ0n) is 23.9. The predicted octanol–water partition coefficient (Wildman–Crippen LogP) is 5.90. The van der Waals surface area contributed by atoms with E-state index < -0.39 is 56.9 Å². The fraction of sp³-hybridized carbons (Fsp3) is 0.333. The highest BCUT2D eigenvalue weighted by atomic mass is 35.5. The number of carbonyl (C=O) groups excluding carboxylic acids is 2. The number of hydrogen-bond acceptors (Lipinski definition) is 5. The standard InChI is InChI=1S/C30H33ClF3N3O5S/c1-4-17-35-29(39)27(5-2)36(19-21-11-14-23(42-3)15-12-21)28(38)20-37(43(40,41)24-9-7-6-8-10-24)22-13-16-26(31)25(18-22)30(32,33)34/h6-16,18,27H,4-5,17,19-20H2,1-3H3,(H,35,39)/t27-/m0/s1. The first-order chi connectivity index (χ1) is 20.3. The number of alkyl halides is 3. The summed E-state index contributed by atoms with van der Waals surface area (Å²) >= 11 is 5.81. The van der Waals surface area contributed by atoms with E-state index in [1.807, 2.05) is 6.92 Å². The number of rotatable bonds is 13. The summed E-state index contributed by atoms with van der Waals surface area (Å²) in [5.41, 5.74) is -1.05. The molecule has 0 saturated heterocycles. The molecule has 8 nitrogen and oxygen atoms in total. The van der Waals surface area contributed by atoms with Crippen LogP contribution in [0.5, 0.6) is 5.75 Å². The van der Waals surface area contributed by atoms with Crippen LogP contribution in [-0.4, -0.2) is 51.4 Å². The molecule has 0 aliphatic heterocycles. The number of amides is 2. The second-order valence-corrected chi connectivity index (χ2v) is 11.8. The summed E-state index contributed by atoms with van der Waals surface area (Å²) in [7, 11) is -3.05. The van der Waals surface area contributed by atoms with Gasteiger partial charge in [-0.25, -0.2) is 8.42 Å². The lowest BCUT2D eigenvalue weighted by Gasteiger charge is -2.33. The molecule has 0 unspecified atom stereocenters. The van der Waals surface area contributed by atoms with E-state index in [-0.39, 0.29) is 17.9 Å². The van der Waals surface area contributed by atoms with Crippen LogP contribution in [0.4, 0.5) is 18.9 Å². The van der Waals surface area contributed by atoms with Gasteiger partial charge in [-0.05, 0) is 60.9 Å². The average molecular weight is 640 g/mol. The molecular weight excluding hydrogens is 607 g/mol. The minimum atomic E-state index is -4.88. The summed E-state index contributed by atoms with van der Waals surface area (Å²) in [5.74, 6) is -0.662. The van der Waals surface area contributed by atoms with Gasteiger partial charge < -0.3 is 15.0 Å². The van der Waals surface area contributed by atoms with Gasteiger partial charge in [0.05, 0.1) is 28.3 Å². The molecule has 13 heteroatoms. The third-order valence-corrected chi connectivity index (χ3v) is 8.72. The molecule has 0 bridgehead atoms. The Bertz CT molecular complexity index is 1500. The van der Waals surface area contributed by atoms with Crippen molar-refractivity contribution in [2.24, 2.45) is 0 Å². The highest BCUT2D eigenvalue weighted by Gasteiger charge is 2.37. The van der Waals surface area contributed by atoms with E-state index in [9.17, 15) is 31.2 Å². The molecule has 43 heavy (non-hydrogen) atoms. The van der Waals surface area contributed by atoms with Crippen LogP contribution in [0.2, 0.25) is 5.02 Å². The highest BCUT2D eigenvalue weighted by molar-refractivity contribution is 7.92. The Labute approximate surface area is 254 Å². The van der Waals surface area contributed by atoms with Gasteiger partial charge in [-0.1, -0.05) is 55.8 Å². The number of benzene rings is 3. The molecule has 1 N–H and O–H groups in total. The normalized spacial score (nSPS) is 12.3. The third-order valence-electron chi connectivity index (χ3n) is 6.60. The van der Waals surface area contributed by atoms with Crippen LogP contribution in [0, 0.1) is 0 Å². The summed E-state index contributed by atoms with van der Waals surface area (Å²) in [6.07, 6.45) is -4.04. The van der Waals surface area contributed by atoms with Gasteiger partial charge in [-0.3, -0.25) is 13.9 Å². The van der Waals surface area contributed by atoms with Crippen LogP contribution in [-0.2, 0) is 32.3 Å². The number of halogens is 4. The van der Waals surface area contributed by atoms with Crippen molar-refractivity contribution in [2.75, 3.05) is 24.5 Å². The molecule has 0 aromatic heterocycles. The Morgan fingerprint density at radius 3 is 2.21 bits per heavy atom. The van der Waals surface area contributed by atoms with Crippen molar-refractivity contribution in [1.29, 1.82) is 0 Å². The van der Waals surface area contributed by atoms with Crippen molar-refractivity contribution in [3.05, 3.63) is 88.9 Å². The number of carbonyl (C=O) groups is 2. The van der Waals surface area contributed by atoms with E-state index in [1.165, 1.54) is 36.3 Å². The van der Waals surface area contributed by atoms with Crippen molar-refractivity contribution in [3.8, 4) is 5.75 Å². The maximum Gasteiger partial charge on any atom is 0.417 e. The number of methoxy groups -OCH3 is 1. The molecule has 232 valence electrons. The molecule has 2 amide bonds. The van der Waals surface area contributed by atoms with Crippen LogP contribution in [0.15, 0.2) is 77.7 Å². The molecule has 0 fully saturated rings. The van der Waals surface area contributed by atoms with Gasteiger partial charge in [-0.15, -0.1) is 0 Å². The van der Waals surface area contributed by atoms with E-state index in [0.717, 1.165) is 12.1 Å². The molecule has 3 rings (SSSR count). The van der Waals surface area contributed by atoms with Gasteiger partial charge in [0.25, 0.3) is 10.0 Å². The summed E-state index contributed by atoms with van der Waals surface area (Å²) < 4.78 is 74.7. The maximum atomic E-state index is 14.0. The Morgan fingerprint density at radius 1 is 1.00 bits per heavy atom. The lowest BCUT2D eigenvalue weighted by molar-refractivity contribution is -0.140. The summed E-state index contributed by atoms with van der Waals surface area (Å²) in [6.45, 7) is 2.98. The molecule has 0 aliphatic carbocycles. The first-order valence-corrected chi connectivity index (χ1v) is 15.3. The van der Waals surface area contributed by atoms with Crippen LogP contribution in [0.1, 0.15) is 37.8 Å². The SMILES string of the molecule is CCCNC(=O)[C@H](CC)N(Cc1ccc(OC)cc1)C(=O)CN(c1ccc(Cl)c(C(F)(F)F)c1)S(=O)(=O)c1ccccc1. The first-order valence-electron chi connectivity index (χ1n) is 13.5. The molecule has 3 aromatic carbocycles. The Hall–Kier alpha value is -3.77. The number of anilines is 1. The highest BCUT2D eigenvalue weighted by Crippen LogP contribution is 2.38. The second kappa shape index (κ2) is 14.6. The number of nitrogens with one attached hydrogen (secondary N) is 1. The number of sulfonamides is 1. The van der Waals surface area contributed by atoms with Gasteiger partial charge in [0.2, 0.25) is 11.8 Å². The topological polar surface area (TPSA) is 96.0 Å². The lowest BCUT2D eigenvalue weighted by atomic mass is 10.1. The van der Waals surface area contributed by atoms with Crippen LogP contribution in [0.25, 0.3) is 0 Å². The van der Waals surface area contributed by atoms with Crippen LogP contribution in [0.3, 0.4) is 0 Å². The molecule has 1 atom stereocenters. The summed E-state index contributed by atoms with van der Waals surface area (Å²) in [5, 5.41) is 2.14. The minimum Gasteiger partial charge on any atom is -0.497 e. The molecule has 0 aliphatic rings. The van der Waals surface area contributed by atoms with Gasteiger partial charge >= 0.3 is 6.18 Å². The van der Waals surface area contributed by atoms with Crippen LogP contribution >= 0.6 is 11.6 Å². The smallest absolute Gasteiger partial charge is 0.417 e. The first kappa shape index (κ1) is 33.7. The van der Waals surface area contributed by atoms with E-state index in [2.05, 4.69) is 5.32 Å². The van der Waals surface area contributed by atoms with Crippen molar-refractivity contribution >= 4 is 39.1 Å². The monoisotopic (exact) mass is 639 g/mol. The fourth-order valence-corrected chi connectivity index (χ4v) is 6.00. The molecular formula is C30H33ClF3N3O5S. The summed E-state index contributed by atoms with van der Waals surface area (Å²) in [4.78, 5) is 28.2. The Kier molecular flexibility index (Phi) is 11.5. The maximum absolute atomic E-state index is 14.0. The van der Waals surface area contributed by atoms with Crippen molar-refractivity contribution in [2.45, 2.75) is 50.3 Å². The molecule has 0 saturated carbocycles. The van der Waals surface area contributed by atoms with Gasteiger partial charge in [-0.2, -0.15) is 13.2 Å². The average Bonchev–Trinajstić information content (AvgIpc) is 2.99. The van der Waals surface area contributed by atoms with Crippen molar-refractivity contribution in [1.82, 2.24) is 10.2 Å². The Balaban J connectivity index is 2.12. The molecule has 0 heterocycles. The summed E-state index contributed by atoms with van der Waals surface area (Å²) in [6, 6.07) is 15.4. The van der Waals surface area contributed by atoms with E-state index in [4.69, 9.17) is 16.3 Å². The lowest BCUT2D eigenvalue weighted by Crippen LogP contribution is -2.52. The van der Waals surface area contributed by atoms with E-state index >= 15 is 0 Å². The zero-order chi connectivity index (χ0) is 31.8. The van der Waals surface area contributed by atoms with Crippen LogP contribution < -0.4 is 14.4 Å². The van der Waals surface area contributed by atoms with Crippen molar-refractivity contribution in [3.63, 3.8) is 0 Å². The molecule has 0 radical (unpaired) electrons. The van der Waals surface area contributed by atoms with Crippen molar-refractivity contribution < 1.29 is 35.9 Å². The van der Waals surface area contributed by atoms with Gasteiger partial charge in [0, 0.05) is 13.1 Å². The molecule has 3 aromatic rings. The number of ether oxygens (including phenoxy) is 1. The minimum absolute atomic E-state index is 0.0749. The quantitative estimate of drug-likeness (QED) is 0.251. The van der Waals surface area contributed by atoms with Gasteiger partial charge in [0.1, 0.15) is 18.3 Å². The number of hydrogen-bond donors (Lipinski definition) is 1. The Morgan fingerprint density at radius 2 is 1.65 bits per heavy atom. The third kappa shape index (κ3) is 8.41. The predicted molar refractivity (Wildman–Crippen MR) is 158 cm³/mol. The largest absolute Gasteiger partial charge is 0.497 e. The van der Waals surface area contributed by atoms with Gasteiger partial charge in [0.15, 0.2) is 0 Å². The number of nitrogens with zero attached hydrogens (tertiary/aromatic N) is 2. The zero-order valence-corrected chi connectivity index (χ0v) is 25.5.